The number of ether oxygens (including phenoxy) is 1. The van der Waals surface area contributed by atoms with Gasteiger partial charge in [0.1, 0.15) is 11.6 Å². The minimum atomic E-state index is -0.830. The third-order valence-corrected chi connectivity index (χ3v) is 4.36. The molecule has 1 N–H and O–H groups in total. The van der Waals surface area contributed by atoms with Crippen molar-refractivity contribution in [3.05, 3.63) is 65.0 Å². The molecule has 0 bridgehead atoms. The van der Waals surface area contributed by atoms with Gasteiger partial charge in [-0.3, -0.25) is 0 Å². The van der Waals surface area contributed by atoms with Gasteiger partial charge >= 0.3 is 0 Å². The van der Waals surface area contributed by atoms with Crippen molar-refractivity contribution < 1.29 is 14.2 Å². The molecule has 21 heavy (non-hydrogen) atoms. The van der Waals surface area contributed by atoms with Gasteiger partial charge in [0.15, 0.2) is 0 Å². The first-order chi connectivity index (χ1) is 10.1. The molecule has 0 saturated heterocycles. The van der Waals surface area contributed by atoms with Crippen LogP contribution in [-0.4, -0.2) is 12.2 Å². The Hall–Kier alpha value is -1.87. The van der Waals surface area contributed by atoms with Crippen molar-refractivity contribution in [2.24, 2.45) is 0 Å². The molecule has 0 radical (unpaired) electrons. The molecule has 0 fully saturated rings. The number of rotatable bonds is 4. The molecule has 0 spiro atoms. The van der Waals surface area contributed by atoms with E-state index in [2.05, 4.69) is 0 Å². The molecule has 110 valence electrons. The van der Waals surface area contributed by atoms with Crippen LogP contribution in [0, 0.1) is 5.82 Å². The first-order valence-corrected chi connectivity index (χ1v) is 7.25. The van der Waals surface area contributed by atoms with Crippen molar-refractivity contribution in [2.45, 2.75) is 31.3 Å². The van der Waals surface area contributed by atoms with E-state index >= 15 is 0 Å². The lowest BCUT2D eigenvalue weighted by molar-refractivity contribution is 0.0297. The minimum absolute atomic E-state index is 0.229. The second kappa shape index (κ2) is 5.49. The number of methoxy groups -OCH3 is 1. The summed E-state index contributed by atoms with van der Waals surface area (Å²) in [5.41, 5.74) is 2.16. The third kappa shape index (κ3) is 2.79. The van der Waals surface area contributed by atoms with Crippen LogP contribution in [-0.2, 0) is 18.4 Å². The topological polar surface area (TPSA) is 29.5 Å². The van der Waals surface area contributed by atoms with E-state index in [0.717, 1.165) is 29.7 Å². The molecule has 2 nitrogen and oxygen atoms in total. The molecular weight excluding hydrogens is 267 g/mol. The number of benzene rings is 2. The second-order valence-electron chi connectivity index (χ2n) is 5.68. The predicted octanol–water partition coefficient (Wildman–Crippen LogP) is 3.60. The lowest BCUT2D eigenvalue weighted by Gasteiger charge is -2.24. The fourth-order valence-electron chi connectivity index (χ4n) is 3.10. The molecule has 1 aliphatic carbocycles. The second-order valence-corrected chi connectivity index (χ2v) is 5.68. The summed E-state index contributed by atoms with van der Waals surface area (Å²) in [6, 6.07) is 12.6. The lowest BCUT2D eigenvalue weighted by Crippen LogP contribution is -2.23. The fraction of sp³-hybridized carbons (Fsp3) is 0.333. The summed E-state index contributed by atoms with van der Waals surface area (Å²) in [6.07, 6.45) is 2.85. The Kier molecular flexibility index (Phi) is 3.68. The Morgan fingerprint density at radius 1 is 1.19 bits per heavy atom. The Morgan fingerprint density at radius 3 is 2.67 bits per heavy atom. The quantitative estimate of drug-likeness (QED) is 0.930. The third-order valence-electron chi connectivity index (χ3n) is 4.36. The van der Waals surface area contributed by atoms with Crippen LogP contribution in [0.3, 0.4) is 0 Å². The molecule has 3 rings (SSSR count). The van der Waals surface area contributed by atoms with Gasteiger partial charge in [-0.05, 0) is 66.6 Å². The van der Waals surface area contributed by atoms with Crippen molar-refractivity contribution in [3.8, 4) is 5.75 Å². The zero-order valence-corrected chi connectivity index (χ0v) is 12.1. The average molecular weight is 286 g/mol. The number of aryl methyl sites for hydroxylation is 2. The van der Waals surface area contributed by atoms with Gasteiger partial charge in [-0.15, -0.1) is 0 Å². The zero-order chi connectivity index (χ0) is 14.9. The number of hydrogen-bond donors (Lipinski definition) is 1. The Labute approximate surface area is 124 Å². The summed E-state index contributed by atoms with van der Waals surface area (Å²) in [7, 11) is 1.65. The van der Waals surface area contributed by atoms with Crippen molar-refractivity contribution in [1.82, 2.24) is 0 Å². The number of aliphatic hydroxyl groups is 1. The van der Waals surface area contributed by atoms with Gasteiger partial charge in [0, 0.05) is 0 Å². The molecule has 2 aromatic carbocycles. The Bertz CT molecular complexity index is 636. The highest BCUT2D eigenvalue weighted by Gasteiger charge is 2.36. The van der Waals surface area contributed by atoms with Gasteiger partial charge in [-0.25, -0.2) is 4.39 Å². The smallest absolute Gasteiger partial charge is 0.123 e. The molecule has 0 saturated carbocycles. The molecule has 0 aromatic heterocycles. The van der Waals surface area contributed by atoms with E-state index in [1.807, 2.05) is 24.3 Å². The van der Waals surface area contributed by atoms with Crippen LogP contribution >= 0.6 is 0 Å². The SMILES string of the molecule is COc1ccc(CCC2(O)CCc3cc(F)ccc32)cc1. The maximum Gasteiger partial charge on any atom is 0.123 e. The maximum atomic E-state index is 13.2. The van der Waals surface area contributed by atoms with Gasteiger partial charge in [0.25, 0.3) is 0 Å². The number of halogens is 1. The summed E-state index contributed by atoms with van der Waals surface area (Å²) in [5, 5.41) is 10.8. The van der Waals surface area contributed by atoms with Crippen LogP contribution in [0.15, 0.2) is 42.5 Å². The van der Waals surface area contributed by atoms with Gasteiger partial charge in [-0.2, -0.15) is 0 Å². The Morgan fingerprint density at radius 2 is 1.95 bits per heavy atom. The van der Waals surface area contributed by atoms with Gasteiger partial charge < -0.3 is 9.84 Å². The van der Waals surface area contributed by atoms with Gasteiger partial charge in [0.2, 0.25) is 0 Å². The van der Waals surface area contributed by atoms with Crippen molar-refractivity contribution in [3.63, 3.8) is 0 Å². The fourth-order valence-corrected chi connectivity index (χ4v) is 3.10. The molecule has 1 aliphatic rings. The monoisotopic (exact) mass is 286 g/mol. The summed E-state index contributed by atoms with van der Waals surface area (Å²) < 4.78 is 18.4. The van der Waals surface area contributed by atoms with Crippen molar-refractivity contribution in [2.75, 3.05) is 7.11 Å². The number of fused-ring (bicyclic) bond motifs is 1. The highest BCUT2D eigenvalue weighted by Crippen LogP contribution is 2.40. The largest absolute Gasteiger partial charge is 0.497 e. The first kappa shape index (κ1) is 14.1. The first-order valence-electron chi connectivity index (χ1n) is 7.25. The van der Waals surface area contributed by atoms with Crippen molar-refractivity contribution in [1.29, 1.82) is 0 Å². The van der Waals surface area contributed by atoms with Gasteiger partial charge in [0.05, 0.1) is 12.7 Å². The Balaban J connectivity index is 1.73. The minimum Gasteiger partial charge on any atom is -0.497 e. The average Bonchev–Trinajstić information content (AvgIpc) is 2.83. The summed E-state index contributed by atoms with van der Waals surface area (Å²) >= 11 is 0. The highest BCUT2D eigenvalue weighted by molar-refractivity contribution is 5.38. The maximum absolute atomic E-state index is 13.2. The molecule has 3 heteroatoms. The highest BCUT2D eigenvalue weighted by atomic mass is 19.1. The molecule has 0 heterocycles. The van der Waals surface area contributed by atoms with Crippen LogP contribution < -0.4 is 4.74 Å². The molecular formula is C18H19FO2. The molecule has 0 aliphatic heterocycles. The van der Waals surface area contributed by atoms with E-state index in [0.29, 0.717) is 12.8 Å². The van der Waals surface area contributed by atoms with E-state index in [-0.39, 0.29) is 5.82 Å². The van der Waals surface area contributed by atoms with Crippen LogP contribution in [0.25, 0.3) is 0 Å². The summed E-state index contributed by atoms with van der Waals surface area (Å²) in [5.74, 6) is 0.604. The summed E-state index contributed by atoms with van der Waals surface area (Å²) in [6.45, 7) is 0. The van der Waals surface area contributed by atoms with E-state index < -0.39 is 5.60 Å². The predicted molar refractivity (Wildman–Crippen MR) is 79.9 cm³/mol. The standard InChI is InChI=1S/C18H19FO2/c1-21-16-5-2-13(3-6-16)8-10-18(20)11-9-14-12-15(19)4-7-17(14)18/h2-7,12,20H,8-11H2,1H3. The number of hydrogen-bond acceptors (Lipinski definition) is 2. The van der Waals surface area contributed by atoms with Crippen molar-refractivity contribution >= 4 is 0 Å². The van der Waals surface area contributed by atoms with Crippen LogP contribution in [0.5, 0.6) is 5.75 Å². The van der Waals surface area contributed by atoms with Crippen LogP contribution in [0.4, 0.5) is 4.39 Å². The van der Waals surface area contributed by atoms with E-state index in [1.54, 1.807) is 19.2 Å². The van der Waals surface area contributed by atoms with E-state index in [1.165, 1.54) is 11.6 Å². The lowest BCUT2D eigenvalue weighted by atomic mass is 9.89. The molecule has 0 amide bonds. The van der Waals surface area contributed by atoms with Gasteiger partial charge in [-0.1, -0.05) is 18.2 Å². The van der Waals surface area contributed by atoms with Crippen LogP contribution in [0.1, 0.15) is 29.5 Å². The van der Waals surface area contributed by atoms with E-state index in [4.69, 9.17) is 4.74 Å². The normalized spacial score (nSPS) is 20.3. The van der Waals surface area contributed by atoms with E-state index in [9.17, 15) is 9.50 Å². The zero-order valence-electron chi connectivity index (χ0n) is 12.1. The molecule has 1 unspecified atom stereocenters. The summed E-state index contributed by atoms with van der Waals surface area (Å²) in [4.78, 5) is 0. The molecule has 2 aromatic rings. The molecule has 1 atom stereocenters. The van der Waals surface area contributed by atoms with Crippen LogP contribution in [0.2, 0.25) is 0 Å².